The van der Waals surface area contributed by atoms with Gasteiger partial charge in [-0.3, -0.25) is 0 Å². The Labute approximate surface area is 82.2 Å². The number of likely N-dealkylation sites (N-methyl/N-ethyl adjacent to an activating group) is 1. The Morgan fingerprint density at radius 2 is 2.00 bits per heavy atom. The summed E-state index contributed by atoms with van der Waals surface area (Å²) >= 11 is 4.76. The van der Waals surface area contributed by atoms with Gasteiger partial charge in [-0.05, 0) is 24.3 Å². The highest BCUT2D eigenvalue weighted by molar-refractivity contribution is 7.80. The summed E-state index contributed by atoms with van der Waals surface area (Å²) in [5, 5.41) is 0. The molecule has 13 heavy (non-hydrogen) atoms. The first-order valence-corrected chi connectivity index (χ1v) is 4.25. The Bertz CT molecular complexity index is 297. The summed E-state index contributed by atoms with van der Waals surface area (Å²) in [6.45, 7) is 0.501. The molecule has 0 atom stereocenters. The average Bonchev–Trinajstić information content (AvgIpc) is 2.04. The van der Waals surface area contributed by atoms with Crippen molar-refractivity contribution in [2.24, 2.45) is 5.73 Å². The van der Waals surface area contributed by atoms with Gasteiger partial charge in [0.25, 0.3) is 0 Å². The fraction of sp³-hybridized carbons (Fsp3) is 0.222. The normalized spacial score (nSPS) is 9.69. The molecule has 0 aliphatic rings. The molecule has 0 bridgehead atoms. The van der Waals surface area contributed by atoms with Crippen molar-refractivity contribution in [3.05, 3.63) is 30.1 Å². The van der Waals surface area contributed by atoms with E-state index in [4.69, 9.17) is 18.0 Å². The lowest BCUT2D eigenvalue weighted by atomic mass is 10.3. The SMILES string of the molecule is CN(CC(N)=S)c1ccc(F)cc1. The fourth-order valence-electron chi connectivity index (χ4n) is 1.02. The van der Waals surface area contributed by atoms with Gasteiger partial charge >= 0.3 is 0 Å². The highest BCUT2D eigenvalue weighted by Gasteiger charge is 2.01. The molecule has 0 aromatic heterocycles. The number of nitrogens with zero attached hydrogens (tertiary/aromatic N) is 1. The molecule has 4 heteroatoms. The second-order valence-corrected chi connectivity index (χ2v) is 3.32. The van der Waals surface area contributed by atoms with Crippen LogP contribution in [0.3, 0.4) is 0 Å². The van der Waals surface area contributed by atoms with Crippen molar-refractivity contribution in [1.29, 1.82) is 0 Å². The highest BCUT2D eigenvalue weighted by Crippen LogP contribution is 2.12. The number of hydrogen-bond acceptors (Lipinski definition) is 2. The van der Waals surface area contributed by atoms with Crippen LogP contribution in [0.5, 0.6) is 0 Å². The third-order valence-corrected chi connectivity index (χ3v) is 1.79. The summed E-state index contributed by atoms with van der Waals surface area (Å²) in [5.74, 6) is -0.243. The Balaban J connectivity index is 2.71. The molecule has 0 spiro atoms. The molecule has 0 saturated heterocycles. The lowest BCUT2D eigenvalue weighted by Crippen LogP contribution is -2.29. The molecule has 0 radical (unpaired) electrons. The predicted molar refractivity (Wildman–Crippen MR) is 56.5 cm³/mol. The first-order chi connectivity index (χ1) is 6.09. The number of halogens is 1. The predicted octanol–water partition coefficient (Wildman–Crippen LogP) is 1.55. The first kappa shape index (κ1) is 9.92. The summed E-state index contributed by atoms with van der Waals surface area (Å²) in [4.78, 5) is 2.29. The van der Waals surface area contributed by atoms with Gasteiger partial charge in [0.1, 0.15) is 5.82 Å². The van der Waals surface area contributed by atoms with Crippen LogP contribution in [0, 0.1) is 5.82 Å². The maximum atomic E-state index is 12.5. The van der Waals surface area contributed by atoms with E-state index in [-0.39, 0.29) is 5.82 Å². The lowest BCUT2D eigenvalue weighted by Gasteiger charge is -2.17. The lowest BCUT2D eigenvalue weighted by molar-refractivity contribution is 0.628. The number of rotatable bonds is 3. The van der Waals surface area contributed by atoms with Crippen molar-refractivity contribution in [1.82, 2.24) is 0 Å². The van der Waals surface area contributed by atoms with Crippen molar-refractivity contribution in [2.45, 2.75) is 0 Å². The zero-order chi connectivity index (χ0) is 9.84. The molecular formula is C9H11FN2S. The van der Waals surface area contributed by atoms with Crippen LogP contribution in [0.15, 0.2) is 24.3 Å². The van der Waals surface area contributed by atoms with Gasteiger partial charge in [0.2, 0.25) is 0 Å². The smallest absolute Gasteiger partial charge is 0.123 e. The quantitative estimate of drug-likeness (QED) is 0.747. The molecule has 0 aliphatic carbocycles. The number of benzene rings is 1. The molecule has 0 unspecified atom stereocenters. The minimum atomic E-state index is -0.243. The Morgan fingerprint density at radius 1 is 1.46 bits per heavy atom. The summed E-state index contributed by atoms with van der Waals surface area (Å²) in [7, 11) is 1.85. The van der Waals surface area contributed by atoms with Gasteiger partial charge in [0.15, 0.2) is 0 Å². The molecule has 1 aromatic carbocycles. The Kier molecular flexibility index (Phi) is 3.19. The molecule has 70 valence electrons. The molecule has 0 aliphatic heterocycles. The van der Waals surface area contributed by atoms with E-state index in [1.165, 1.54) is 12.1 Å². The summed E-state index contributed by atoms with van der Waals surface area (Å²) in [6.07, 6.45) is 0. The van der Waals surface area contributed by atoms with E-state index in [0.717, 1.165) is 5.69 Å². The fourth-order valence-corrected chi connectivity index (χ4v) is 1.21. The first-order valence-electron chi connectivity index (χ1n) is 3.84. The number of nitrogens with two attached hydrogens (primary N) is 1. The van der Waals surface area contributed by atoms with E-state index in [9.17, 15) is 4.39 Å². The van der Waals surface area contributed by atoms with Crippen molar-refractivity contribution in [3.8, 4) is 0 Å². The summed E-state index contributed by atoms with van der Waals surface area (Å²) in [5.41, 5.74) is 6.27. The van der Waals surface area contributed by atoms with E-state index < -0.39 is 0 Å². The van der Waals surface area contributed by atoms with Crippen molar-refractivity contribution in [2.75, 3.05) is 18.5 Å². The monoisotopic (exact) mass is 198 g/mol. The Hall–Kier alpha value is -1.16. The van der Waals surface area contributed by atoms with E-state index in [1.807, 2.05) is 11.9 Å². The molecule has 2 nitrogen and oxygen atoms in total. The topological polar surface area (TPSA) is 29.3 Å². The highest BCUT2D eigenvalue weighted by atomic mass is 32.1. The van der Waals surface area contributed by atoms with Gasteiger partial charge in [-0.25, -0.2) is 4.39 Å². The number of hydrogen-bond donors (Lipinski definition) is 1. The molecular weight excluding hydrogens is 187 g/mol. The molecule has 0 heterocycles. The van der Waals surface area contributed by atoms with Gasteiger partial charge in [-0.2, -0.15) is 0 Å². The second kappa shape index (κ2) is 4.18. The van der Waals surface area contributed by atoms with Gasteiger partial charge < -0.3 is 10.6 Å². The molecule has 2 N–H and O–H groups in total. The van der Waals surface area contributed by atoms with Gasteiger partial charge in [-0.15, -0.1) is 0 Å². The minimum absolute atomic E-state index is 0.243. The van der Waals surface area contributed by atoms with E-state index in [2.05, 4.69) is 0 Å². The van der Waals surface area contributed by atoms with Gasteiger partial charge in [0, 0.05) is 12.7 Å². The van der Waals surface area contributed by atoms with E-state index in [0.29, 0.717) is 11.5 Å². The van der Waals surface area contributed by atoms with Crippen LogP contribution in [-0.4, -0.2) is 18.6 Å². The third kappa shape index (κ3) is 2.99. The van der Waals surface area contributed by atoms with E-state index in [1.54, 1.807) is 12.1 Å². The van der Waals surface area contributed by atoms with Crippen LogP contribution in [-0.2, 0) is 0 Å². The second-order valence-electron chi connectivity index (χ2n) is 2.80. The zero-order valence-corrected chi connectivity index (χ0v) is 8.14. The standard InChI is InChI=1S/C9H11FN2S/c1-12(6-9(11)13)8-4-2-7(10)3-5-8/h2-5H,6H2,1H3,(H2,11,13). The molecule has 1 aromatic rings. The molecule has 0 fully saturated rings. The number of anilines is 1. The van der Waals surface area contributed by atoms with Crippen LogP contribution < -0.4 is 10.6 Å². The average molecular weight is 198 g/mol. The zero-order valence-electron chi connectivity index (χ0n) is 7.33. The van der Waals surface area contributed by atoms with Crippen LogP contribution in [0.25, 0.3) is 0 Å². The van der Waals surface area contributed by atoms with Crippen LogP contribution in [0.4, 0.5) is 10.1 Å². The summed E-state index contributed by atoms with van der Waals surface area (Å²) in [6, 6.07) is 6.19. The Morgan fingerprint density at radius 3 is 2.46 bits per heavy atom. The van der Waals surface area contributed by atoms with Crippen molar-refractivity contribution in [3.63, 3.8) is 0 Å². The van der Waals surface area contributed by atoms with E-state index >= 15 is 0 Å². The summed E-state index contributed by atoms with van der Waals surface area (Å²) < 4.78 is 12.5. The molecule has 1 rings (SSSR count). The maximum Gasteiger partial charge on any atom is 0.123 e. The maximum absolute atomic E-state index is 12.5. The van der Waals surface area contributed by atoms with Gasteiger partial charge in [-0.1, -0.05) is 12.2 Å². The minimum Gasteiger partial charge on any atom is -0.392 e. The van der Waals surface area contributed by atoms with Crippen molar-refractivity contribution < 1.29 is 4.39 Å². The third-order valence-electron chi connectivity index (χ3n) is 1.66. The van der Waals surface area contributed by atoms with Crippen LogP contribution in [0.2, 0.25) is 0 Å². The van der Waals surface area contributed by atoms with Crippen molar-refractivity contribution >= 4 is 22.9 Å². The molecule has 0 amide bonds. The van der Waals surface area contributed by atoms with Crippen LogP contribution in [0.1, 0.15) is 0 Å². The van der Waals surface area contributed by atoms with Crippen LogP contribution >= 0.6 is 12.2 Å². The molecule has 0 saturated carbocycles. The largest absolute Gasteiger partial charge is 0.392 e. The number of thiocarbonyl (C=S) groups is 1. The van der Waals surface area contributed by atoms with Gasteiger partial charge in [0.05, 0.1) is 11.5 Å².